The third-order valence-corrected chi connectivity index (χ3v) is 3.54. The van der Waals surface area contributed by atoms with Crippen molar-refractivity contribution in [3.8, 4) is 11.8 Å². The number of rotatable bonds is 3. The highest BCUT2D eigenvalue weighted by molar-refractivity contribution is 9.10. The van der Waals surface area contributed by atoms with Crippen LogP contribution in [0.15, 0.2) is 33.5 Å². The van der Waals surface area contributed by atoms with E-state index in [1.54, 1.807) is 12.1 Å². The molecule has 1 heterocycles. The number of esters is 1. The number of nitrogens with zero attached hydrogens (tertiary/aromatic N) is 2. The van der Waals surface area contributed by atoms with Gasteiger partial charge in [-0.2, -0.15) is 10.4 Å². The van der Waals surface area contributed by atoms with Crippen molar-refractivity contribution in [1.29, 1.82) is 5.26 Å². The maximum absolute atomic E-state index is 12.0. The van der Waals surface area contributed by atoms with Crippen LogP contribution >= 0.6 is 15.9 Å². The first-order valence-corrected chi connectivity index (χ1v) is 6.85. The van der Waals surface area contributed by atoms with Crippen molar-refractivity contribution in [2.75, 3.05) is 0 Å². The highest BCUT2D eigenvalue weighted by atomic mass is 79.9. The van der Waals surface area contributed by atoms with E-state index in [4.69, 9.17) is 10.00 Å². The molecular formula is C14H10BrN3O3. The van der Waals surface area contributed by atoms with Crippen LogP contribution < -0.4 is 10.2 Å². The van der Waals surface area contributed by atoms with Gasteiger partial charge in [0.05, 0.1) is 21.8 Å². The summed E-state index contributed by atoms with van der Waals surface area (Å²) in [6.45, 7) is 1.85. The molecule has 0 spiro atoms. The summed E-state index contributed by atoms with van der Waals surface area (Å²) < 4.78 is 5.32. The van der Waals surface area contributed by atoms with Gasteiger partial charge in [0.2, 0.25) is 11.1 Å². The van der Waals surface area contributed by atoms with Crippen LogP contribution in [0, 0.1) is 11.3 Å². The molecule has 1 aromatic carbocycles. The molecule has 0 aliphatic heterocycles. The van der Waals surface area contributed by atoms with Gasteiger partial charge in [-0.3, -0.25) is 9.89 Å². The lowest BCUT2D eigenvalue weighted by Gasteiger charge is -2.05. The molecule has 0 saturated carbocycles. The molecule has 0 atom stereocenters. The van der Waals surface area contributed by atoms with Crippen LogP contribution in [0.1, 0.15) is 28.7 Å². The number of carbonyl (C=O) groups is 1. The van der Waals surface area contributed by atoms with Gasteiger partial charge in [0.25, 0.3) is 0 Å². The van der Waals surface area contributed by atoms with Crippen molar-refractivity contribution in [3.63, 3.8) is 0 Å². The van der Waals surface area contributed by atoms with E-state index in [-0.39, 0.29) is 15.9 Å². The fourth-order valence-corrected chi connectivity index (χ4v) is 2.18. The van der Waals surface area contributed by atoms with Gasteiger partial charge in [0.15, 0.2) is 0 Å². The maximum Gasteiger partial charge on any atom is 0.368 e. The topological polar surface area (TPSA) is 95.8 Å². The van der Waals surface area contributed by atoms with Crippen LogP contribution in [-0.2, 0) is 6.42 Å². The molecular weight excluding hydrogens is 338 g/mol. The van der Waals surface area contributed by atoms with Gasteiger partial charge in [0.1, 0.15) is 5.75 Å². The van der Waals surface area contributed by atoms with E-state index in [2.05, 4.69) is 26.1 Å². The van der Waals surface area contributed by atoms with Crippen LogP contribution in [-0.4, -0.2) is 16.2 Å². The number of aryl methyl sites for hydroxylation is 1. The van der Waals surface area contributed by atoms with Crippen molar-refractivity contribution in [1.82, 2.24) is 10.2 Å². The van der Waals surface area contributed by atoms with E-state index in [1.165, 1.54) is 12.1 Å². The predicted octanol–water partition coefficient (Wildman–Crippen LogP) is 2.19. The Labute approximate surface area is 128 Å². The number of halogens is 1. The fraction of sp³-hybridized carbons (Fsp3) is 0.143. The predicted molar refractivity (Wildman–Crippen MR) is 78.1 cm³/mol. The van der Waals surface area contributed by atoms with Crippen molar-refractivity contribution in [3.05, 3.63) is 55.9 Å². The first-order chi connectivity index (χ1) is 10.1. The van der Waals surface area contributed by atoms with E-state index >= 15 is 0 Å². The van der Waals surface area contributed by atoms with E-state index < -0.39 is 11.4 Å². The minimum atomic E-state index is -0.880. The summed E-state index contributed by atoms with van der Waals surface area (Å²) >= 11 is 3.13. The summed E-state index contributed by atoms with van der Waals surface area (Å²) in [5, 5.41) is 15.2. The molecule has 0 radical (unpaired) electrons. The molecule has 0 aliphatic carbocycles. The second-order valence-electron chi connectivity index (χ2n) is 4.08. The standard InChI is InChI=1S/C14H10BrN3O3/c1-2-10-11(15)13(19)12(18-17-10)14(20)21-9-5-3-4-8(6-9)7-16/h3-6H,2H2,1H3,(H,17,19). The zero-order chi connectivity index (χ0) is 15.4. The van der Waals surface area contributed by atoms with E-state index in [0.717, 1.165) is 0 Å². The Bertz CT molecular complexity index is 793. The largest absolute Gasteiger partial charge is 0.422 e. The Morgan fingerprint density at radius 3 is 2.95 bits per heavy atom. The van der Waals surface area contributed by atoms with Gasteiger partial charge in [-0.1, -0.05) is 13.0 Å². The number of carbonyl (C=O) groups excluding carboxylic acids is 1. The molecule has 0 saturated heterocycles. The Balaban J connectivity index is 2.31. The Morgan fingerprint density at radius 1 is 1.52 bits per heavy atom. The molecule has 1 N–H and O–H groups in total. The highest BCUT2D eigenvalue weighted by Crippen LogP contribution is 2.14. The average Bonchev–Trinajstić information content (AvgIpc) is 2.50. The fourth-order valence-electron chi connectivity index (χ4n) is 1.62. The second kappa shape index (κ2) is 6.33. The summed E-state index contributed by atoms with van der Waals surface area (Å²) in [5.74, 6) is -0.703. The first-order valence-electron chi connectivity index (χ1n) is 6.06. The van der Waals surface area contributed by atoms with Crippen molar-refractivity contribution in [2.45, 2.75) is 13.3 Å². The number of nitrogens with one attached hydrogen (secondary N) is 1. The number of hydrogen-bond donors (Lipinski definition) is 1. The molecule has 6 nitrogen and oxygen atoms in total. The monoisotopic (exact) mass is 347 g/mol. The zero-order valence-corrected chi connectivity index (χ0v) is 12.6. The van der Waals surface area contributed by atoms with Gasteiger partial charge in [-0.15, -0.1) is 0 Å². The number of nitriles is 1. The van der Waals surface area contributed by atoms with Crippen LogP contribution in [0.25, 0.3) is 0 Å². The zero-order valence-electron chi connectivity index (χ0n) is 11.0. The normalized spacial score (nSPS) is 9.95. The average molecular weight is 348 g/mol. The van der Waals surface area contributed by atoms with E-state index in [0.29, 0.717) is 17.7 Å². The van der Waals surface area contributed by atoms with Gasteiger partial charge in [-0.25, -0.2) is 4.79 Å². The van der Waals surface area contributed by atoms with Crippen molar-refractivity contribution in [2.24, 2.45) is 0 Å². The quantitative estimate of drug-likeness (QED) is 0.678. The molecule has 0 amide bonds. The molecule has 21 heavy (non-hydrogen) atoms. The van der Waals surface area contributed by atoms with E-state index in [9.17, 15) is 9.59 Å². The molecule has 7 heteroatoms. The Hall–Kier alpha value is -2.46. The minimum Gasteiger partial charge on any atom is -0.422 e. The van der Waals surface area contributed by atoms with Crippen LogP contribution in [0.5, 0.6) is 5.75 Å². The first kappa shape index (κ1) is 14.9. The lowest BCUT2D eigenvalue weighted by atomic mass is 10.2. The Morgan fingerprint density at radius 2 is 2.29 bits per heavy atom. The summed E-state index contributed by atoms with van der Waals surface area (Å²) in [6, 6.07) is 8.01. The van der Waals surface area contributed by atoms with Crippen LogP contribution in [0.2, 0.25) is 0 Å². The van der Waals surface area contributed by atoms with Gasteiger partial charge in [0, 0.05) is 0 Å². The smallest absolute Gasteiger partial charge is 0.368 e. The number of benzene rings is 1. The van der Waals surface area contributed by atoms with Gasteiger partial charge in [-0.05, 0) is 40.5 Å². The highest BCUT2D eigenvalue weighted by Gasteiger charge is 2.19. The summed E-state index contributed by atoms with van der Waals surface area (Å²) in [7, 11) is 0. The number of H-pyrrole nitrogens is 1. The number of aromatic nitrogens is 2. The lowest BCUT2D eigenvalue weighted by molar-refractivity contribution is 0.0725. The summed E-state index contributed by atoms with van der Waals surface area (Å²) in [5.41, 5.74) is 0.0705. The number of aromatic amines is 1. The molecule has 2 rings (SSSR count). The second-order valence-corrected chi connectivity index (χ2v) is 4.87. The van der Waals surface area contributed by atoms with E-state index in [1.807, 2.05) is 13.0 Å². The maximum atomic E-state index is 12.0. The molecule has 0 unspecified atom stereocenters. The molecule has 0 aliphatic rings. The summed E-state index contributed by atoms with van der Waals surface area (Å²) in [6.07, 6.45) is 0.572. The molecule has 0 fully saturated rings. The molecule has 2 aromatic rings. The van der Waals surface area contributed by atoms with Crippen molar-refractivity contribution >= 4 is 21.9 Å². The minimum absolute atomic E-state index is 0.177. The SMILES string of the molecule is CCc1[nH]nc(C(=O)Oc2cccc(C#N)c2)c(=O)c1Br. The van der Waals surface area contributed by atoms with Gasteiger partial charge >= 0.3 is 5.97 Å². The lowest BCUT2D eigenvalue weighted by Crippen LogP contribution is -2.24. The summed E-state index contributed by atoms with van der Waals surface area (Å²) in [4.78, 5) is 24.0. The third kappa shape index (κ3) is 3.17. The Kier molecular flexibility index (Phi) is 4.50. The van der Waals surface area contributed by atoms with Crippen LogP contribution in [0.3, 0.4) is 0 Å². The molecule has 106 valence electrons. The molecule has 1 aromatic heterocycles. The number of hydrogen-bond acceptors (Lipinski definition) is 5. The molecule has 0 bridgehead atoms. The van der Waals surface area contributed by atoms with Gasteiger partial charge < -0.3 is 4.74 Å². The third-order valence-electron chi connectivity index (χ3n) is 2.70. The number of ether oxygens (including phenoxy) is 1. The van der Waals surface area contributed by atoms with Crippen LogP contribution in [0.4, 0.5) is 0 Å². The van der Waals surface area contributed by atoms with Crippen molar-refractivity contribution < 1.29 is 9.53 Å².